The summed E-state index contributed by atoms with van der Waals surface area (Å²) >= 11 is 0. The van der Waals surface area contributed by atoms with Crippen molar-refractivity contribution in [2.75, 3.05) is 11.4 Å². The lowest BCUT2D eigenvalue weighted by atomic mass is 9.73. The first-order chi connectivity index (χ1) is 29.3. The molecule has 4 heteroatoms. The van der Waals surface area contributed by atoms with E-state index in [2.05, 4.69) is 141 Å². The van der Waals surface area contributed by atoms with Crippen LogP contribution in [0.2, 0.25) is 0 Å². The van der Waals surface area contributed by atoms with Crippen LogP contribution in [-0.2, 0) is 33.8 Å². The number of aryl methyl sites for hydroxylation is 2. The second-order valence-electron chi connectivity index (χ2n) is 21.5. The van der Waals surface area contributed by atoms with E-state index in [-0.39, 0.29) is 21.8 Å². The highest BCUT2D eigenvalue weighted by molar-refractivity contribution is 6.33. The average molecular weight is 816 g/mol. The van der Waals surface area contributed by atoms with E-state index in [0.29, 0.717) is 29.1 Å². The van der Waals surface area contributed by atoms with Crippen molar-refractivity contribution in [1.29, 1.82) is 10.5 Å². The second-order valence-corrected chi connectivity index (χ2v) is 21.5. The molecule has 0 bridgehead atoms. The standard InChI is InChI=1S/C58H61N3O/c1-34(2)39-22-41-23-44(56(4,5)6)28-50-51-29-45(57(7,8)9)24-42-25-46(30-52(54(42)51)49(27-39)53(41)50)58(10,11)31-47-16-15-38-21-36(20-37-13-12-18-61(47)55(37)38)14-17-48-26-40(19-35(3)62-48)43(32-59)33-60/h14,17,19-30,34,47H,12-13,15-16,18,31H2,1-11H3/b17-14+. The highest BCUT2D eigenvalue weighted by Gasteiger charge is 2.36. The van der Waals surface area contributed by atoms with Gasteiger partial charge in [-0.25, -0.2) is 0 Å². The van der Waals surface area contributed by atoms with E-state index in [1.807, 2.05) is 25.1 Å². The van der Waals surface area contributed by atoms with Gasteiger partial charge in [-0.2, -0.15) is 10.5 Å². The molecule has 0 N–H and O–H groups in total. The highest BCUT2D eigenvalue weighted by atomic mass is 16.5. The molecule has 3 aliphatic heterocycles. The molecule has 6 aromatic rings. The van der Waals surface area contributed by atoms with Gasteiger partial charge in [-0.3, -0.25) is 0 Å². The number of rotatable bonds is 6. The number of allylic oxidation sites excluding steroid dienone is 6. The molecule has 0 aliphatic carbocycles. The molecule has 62 heavy (non-hydrogen) atoms. The van der Waals surface area contributed by atoms with Crippen molar-refractivity contribution in [3.63, 3.8) is 0 Å². The summed E-state index contributed by atoms with van der Waals surface area (Å²) in [6.45, 7) is 26.7. The first-order valence-electron chi connectivity index (χ1n) is 22.8. The molecule has 1 unspecified atom stereocenters. The largest absolute Gasteiger partial charge is 0.462 e. The van der Waals surface area contributed by atoms with Crippen molar-refractivity contribution in [3.05, 3.63) is 141 Å². The fraction of sp³-hybridized carbons (Fsp3) is 0.379. The molecule has 4 nitrogen and oxygen atoms in total. The summed E-state index contributed by atoms with van der Waals surface area (Å²) in [4.78, 5) is 2.76. The van der Waals surface area contributed by atoms with Crippen LogP contribution in [-0.4, -0.2) is 12.6 Å². The Hall–Kier alpha value is -5.84. The second kappa shape index (κ2) is 14.9. The molecule has 0 amide bonds. The molecule has 314 valence electrons. The molecule has 0 radical (unpaired) electrons. The van der Waals surface area contributed by atoms with Crippen molar-refractivity contribution < 1.29 is 4.74 Å². The van der Waals surface area contributed by atoms with Crippen LogP contribution in [0.5, 0.6) is 0 Å². The lowest BCUT2D eigenvalue weighted by molar-refractivity contribution is 0.318. The van der Waals surface area contributed by atoms with E-state index >= 15 is 0 Å². The van der Waals surface area contributed by atoms with Crippen LogP contribution in [0.4, 0.5) is 5.69 Å². The van der Waals surface area contributed by atoms with Crippen LogP contribution in [0.15, 0.2) is 102 Å². The van der Waals surface area contributed by atoms with Crippen molar-refractivity contribution in [1.82, 2.24) is 0 Å². The predicted octanol–water partition coefficient (Wildman–Crippen LogP) is 15.1. The molecule has 0 fully saturated rings. The Labute approximate surface area is 369 Å². The Morgan fingerprint density at radius 1 is 0.726 bits per heavy atom. The molecular weight excluding hydrogens is 755 g/mol. The molecule has 3 heterocycles. The maximum atomic E-state index is 9.45. The van der Waals surface area contributed by atoms with Gasteiger partial charge in [0.1, 0.15) is 29.2 Å². The highest BCUT2D eigenvalue weighted by Crippen LogP contribution is 2.48. The normalized spacial score (nSPS) is 17.2. The van der Waals surface area contributed by atoms with Crippen LogP contribution in [0.1, 0.15) is 140 Å². The summed E-state index contributed by atoms with van der Waals surface area (Å²) in [5.74, 6) is 1.72. The monoisotopic (exact) mass is 815 g/mol. The number of hydrogen-bond acceptors (Lipinski definition) is 4. The zero-order chi connectivity index (χ0) is 44.0. The third-order valence-corrected chi connectivity index (χ3v) is 14.1. The quantitative estimate of drug-likeness (QED) is 0.0954. The van der Waals surface area contributed by atoms with E-state index in [9.17, 15) is 10.5 Å². The zero-order valence-electron chi connectivity index (χ0n) is 38.7. The summed E-state index contributed by atoms with van der Waals surface area (Å²) in [7, 11) is 0. The Kier molecular flexibility index (Phi) is 9.98. The third-order valence-electron chi connectivity index (χ3n) is 14.1. The van der Waals surface area contributed by atoms with E-state index in [1.165, 1.54) is 82.2 Å². The van der Waals surface area contributed by atoms with Crippen LogP contribution in [0, 0.1) is 22.7 Å². The number of benzene rings is 6. The average Bonchev–Trinajstić information content (AvgIpc) is 3.21. The summed E-state index contributed by atoms with van der Waals surface area (Å²) in [5.41, 5.74) is 11.7. The van der Waals surface area contributed by atoms with Crippen molar-refractivity contribution in [2.45, 2.75) is 136 Å². The molecule has 0 saturated heterocycles. The van der Waals surface area contributed by atoms with Gasteiger partial charge in [-0.1, -0.05) is 106 Å². The van der Waals surface area contributed by atoms with Gasteiger partial charge in [-0.15, -0.1) is 0 Å². The summed E-state index contributed by atoms with van der Waals surface area (Å²) < 4.78 is 5.97. The molecular formula is C58H61N3O. The summed E-state index contributed by atoms with van der Waals surface area (Å²) in [5, 5.41) is 30.0. The molecule has 6 aromatic carbocycles. The first-order valence-corrected chi connectivity index (χ1v) is 22.8. The van der Waals surface area contributed by atoms with Gasteiger partial charge >= 0.3 is 0 Å². The summed E-state index contributed by atoms with van der Waals surface area (Å²) in [6, 6.07) is 29.3. The minimum Gasteiger partial charge on any atom is -0.462 e. The molecule has 0 spiro atoms. The molecule has 1 atom stereocenters. The number of ether oxygens (including phenoxy) is 1. The number of nitrogens with zero attached hydrogens (tertiary/aromatic N) is 3. The van der Waals surface area contributed by atoms with Gasteiger partial charge in [0.05, 0.1) is 0 Å². The van der Waals surface area contributed by atoms with Gasteiger partial charge in [0, 0.05) is 23.8 Å². The lowest BCUT2D eigenvalue weighted by Gasteiger charge is -2.46. The zero-order valence-corrected chi connectivity index (χ0v) is 38.7. The minimum absolute atomic E-state index is 0.00826. The minimum atomic E-state index is -0.0687. The first kappa shape index (κ1) is 41.5. The molecule has 3 aliphatic rings. The smallest absolute Gasteiger partial charge is 0.137 e. The van der Waals surface area contributed by atoms with Gasteiger partial charge in [-0.05, 0) is 192 Å². The van der Waals surface area contributed by atoms with Gasteiger partial charge < -0.3 is 9.64 Å². The summed E-state index contributed by atoms with van der Waals surface area (Å²) in [6.07, 6.45) is 13.1. The Bertz CT molecular complexity index is 3010. The van der Waals surface area contributed by atoms with Gasteiger partial charge in [0.15, 0.2) is 0 Å². The van der Waals surface area contributed by atoms with E-state index < -0.39 is 0 Å². The Morgan fingerprint density at radius 2 is 1.29 bits per heavy atom. The van der Waals surface area contributed by atoms with Gasteiger partial charge in [0.25, 0.3) is 0 Å². The van der Waals surface area contributed by atoms with Gasteiger partial charge in [0.2, 0.25) is 0 Å². The van der Waals surface area contributed by atoms with Crippen LogP contribution < -0.4 is 4.90 Å². The van der Waals surface area contributed by atoms with Crippen LogP contribution in [0.3, 0.4) is 0 Å². The van der Waals surface area contributed by atoms with Crippen LogP contribution >= 0.6 is 0 Å². The van der Waals surface area contributed by atoms with Crippen molar-refractivity contribution in [3.8, 4) is 12.1 Å². The fourth-order valence-electron chi connectivity index (χ4n) is 10.7. The SMILES string of the molecule is CC1=CC(=C(C#N)C#N)C=C(/C=C/c2cc3c4c(c2)CCC(CC(C)(C)c2cc5cc(C(C)(C)C)cc6c7cc(C(C)(C)C)cc8cc(C(C)C)cc(c(c2)c56)c87)N4CCC3)O1. The number of hydrogen-bond donors (Lipinski definition) is 0. The predicted molar refractivity (Wildman–Crippen MR) is 261 cm³/mol. The number of nitriles is 2. The Morgan fingerprint density at radius 3 is 1.89 bits per heavy atom. The maximum Gasteiger partial charge on any atom is 0.137 e. The number of fused-ring (bicyclic) bond motifs is 2. The van der Waals surface area contributed by atoms with Crippen molar-refractivity contribution in [2.24, 2.45) is 0 Å². The van der Waals surface area contributed by atoms with E-state index in [0.717, 1.165) is 44.2 Å². The molecule has 0 aromatic heterocycles. The molecule has 0 saturated carbocycles. The fourth-order valence-corrected chi connectivity index (χ4v) is 10.7. The topological polar surface area (TPSA) is 60.0 Å². The maximum absolute atomic E-state index is 9.45. The van der Waals surface area contributed by atoms with E-state index in [4.69, 9.17) is 4.74 Å². The lowest BCUT2D eigenvalue weighted by Crippen LogP contribution is -2.45. The third kappa shape index (κ3) is 7.26. The number of anilines is 1. The van der Waals surface area contributed by atoms with E-state index in [1.54, 1.807) is 12.2 Å². The molecule has 9 rings (SSSR count). The van der Waals surface area contributed by atoms with Crippen molar-refractivity contribution >= 4 is 54.9 Å². The Balaban J connectivity index is 1.11. The van der Waals surface area contributed by atoms with Crippen LogP contribution in [0.25, 0.3) is 49.2 Å².